The van der Waals surface area contributed by atoms with Crippen molar-refractivity contribution in [2.45, 2.75) is 38.8 Å². The molecular formula is C14H23NO3. The van der Waals surface area contributed by atoms with E-state index in [-0.39, 0.29) is 6.04 Å². The molecule has 2 heterocycles. The Bertz CT molecular complexity index is 345. The molecule has 0 spiro atoms. The molecule has 0 aliphatic carbocycles. The van der Waals surface area contributed by atoms with Crippen LogP contribution in [0.25, 0.3) is 0 Å². The second-order valence-corrected chi connectivity index (χ2v) is 4.83. The van der Waals surface area contributed by atoms with Crippen LogP contribution >= 0.6 is 0 Å². The van der Waals surface area contributed by atoms with Gasteiger partial charge in [-0.3, -0.25) is 0 Å². The molecule has 0 saturated carbocycles. The molecule has 4 nitrogen and oxygen atoms in total. The van der Waals surface area contributed by atoms with Crippen molar-refractivity contribution in [2.24, 2.45) is 0 Å². The quantitative estimate of drug-likeness (QED) is 0.758. The van der Waals surface area contributed by atoms with E-state index in [4.69, 9.17) is 13.9 Å². The standard InChI is InChI=1S/C14H23NO3/c1-11-5-6-14(18-11)12(2)15-7-9-16-10-13-4-3-8-17-13/h5-6,12-13,15H,3-4,7-10H2,1-2H3/t12-,13+/m0/s1. The largest absolute Gasteiger partial charge is 0.465 e. The third kappa shape index (κ3) is 4.12. The summed E-state index contributed by atoms with van der Waals surface area (Å²) in [4.78, 5) is 0. The first-order valence-corrected chi connectivity index (χ1v) is 6.75. The Morgan fingerprint density at radius 3 is 3.06 bits per heavy atom. The fourth-order valence-corrected chi connectivity index (χ4v) is 2.12. The highest BCUT2D eigenvalue weighted by Gasteiger charge is 2.15. The summed E-state index contributed by atoms with van der Waals surface area (Å²) in [6, 6.07) is 4.23. The van der Waals surface area contributed by atoms with Crippen LogP contribution in [0.5, 0.6) is 0 Å². The van der Waals surface area contributed by atoms with Crippen LogP contribution in [0.15, 0.2) is 16.5 Å². The van der Waals surface area contributed by atoms with Crippen molar-refractivity contribution in [3.8, 4) is 0 Å². The maximum Gasteiger partial charge on any atom is 0.120 e. The van der Waals surface area contributed by atoms with E-state index in [0.29, 0.717) is 12.7 Å². The highest BCUT2D eigenvalue weighted by atomic mass is 16.5. The van der Waals surface area contributed by atoms with E-state index < -0.39 is 0 Å². The first-order chi connectivity index (χ1) is 8.75. The number of hydrogen-bond donors (Lipinski definition) is 1. The molecule has 1 saturated heterocycles. The highest BCUT2D eigenvalue weighted by molar-refractivity contribution is 5.08. The molecule has 0 aromatic carbocycles. The number of furan rings is 1. The Balaban J connectivity index is 1.54. The lowest BCUT2D eigenvalue weighted by Gasteiger charge is -2.13. The number of nitrogens with one attached hydrogen (secondary N) is 1. The van der Waals surface area contributed by atoms with Crippen molar-refractivity contribution in [3.05, 3.63) is 23.7 Å². The monoisotopic (exact) mass is 253 g/mol. The van der Waals surface area contributed by atoms with E-state index in [2.05, 4.69) is 12.2 Å². The molecule has 0 bridgehead atoms. The van der Waals surface area contributed by atoms with Crippen LogP contribution in [0.1, 0.15) is 37.3 Å². The van der Waals surface area contributed by atoms with Crippen molar-refractivity contribution in [1.82, 2.24) is 5.32 Å². The van der Waals surface area contributed by atoms with Crippen LogP contribution in [0.4, 0.5) is 0 Å². The van der Waals surface area contributed by atoms with Crippen molar-refractivity contribution < 1.29 is 13.9 Å². The van der Waals surface area contributed by atoms with Crippen molar-refractivity contribution >= 4 is 0 Å². The lowest BCUT2D eigenvalue weighted by molar-refractivity contribution is 0.0178. The molecular weight excluding hydrogens is 230 g/mol. The van der Waals surface area contributed by atoms with E-state index in [1.807, 2.05) is 19.1 Å². The van der Waals surface area contributed by atoms with Gasteiger partial charge in [0.1, 0.15) is 11.5 Å². The topological polar surface area (TPSA) is 43.6 Å². The molecule has 0 radical (unpaired) electrons. The fourth-order valence-electron chi connectivity index (χ4n) is 2.12. The highest BCUT2D eigenvalue weighted by Crippen LogP contribution is 2.15. The molecule has 1 aromatic rings. The third-order valence-corrected chi connectivity index (χ3v) is 3.21. The fraction of sp³-hybridized carbons (Fsp3) is 0.714. The summed E-state index contributed by atoms with van der Waals surface area (Å²) in [5.74, 6) is 1.93. The molecule has 2 rings (SSSR count). The molecule has 18 heavy (non-hydrogen) atoms. The van der Waals surface area contributed by atoms with Gasteiger partial charge in [0.15, 0.2) is 0 Å². The maximum absolute atomic E-state index is 5.59. The van der Waals surface area contributed by atoms with Gasteiger partial charge in [0.2, 0.25) is 0 Å². The SMILES string of the molecule is Cc1ccc([C@H](C)NCCOC[C@H]2CCCO2)o1. The summed E-state index contributed by atoms with van der Waals surface area (Å²) >= 11 is 0. The van der Waals surface area contributed by atoms with Gasteiger partial charge in [0, 0.05) is 13.2 Å². The zero-order valence-corrected chi connectivity index (χ0v) is 11.3. The molecule has 4 heteroatoms. The van der Waals surface area contributed by atoms with Crippen LogP contribution in [0.3, 0.4) is 0 Å². The van der Waals surface area contributed by atoms with E-state index in [1.165, 1.54) is 6.42 Å². The summed E-state index contributed by atoms with van der Waals surface area (Å²) < 4.78 is 16.6. The second kappa shape index (κ2) is 6.92. The summed E-state index contributed by atoms with van der Waals surface area (Å²) in [6.07, 6.45) is 2.62. The molecule has 1 N–H and O–H groups in total. The predicted octanol–water partition coefficient (Wildman–Crippen LogP) is 2.43. The van der Waals surface area contributed by atoms with Crippen LogP contribution in [-0.4, -0.2) is 32.5 Å². The Morgan fingerprint density at radius 1 is 1.50 bits per heavy atom. The molecule has 0 amide bonds. The van der Waals surface area contributed by atoms with Gasteiger partial charge in [-0.1, -0.05) is 0 Å². The minimum Gasteiger partial charge on any atom is -0.465 e. The zero-order valence-electron chi connectivity index (χ0n) is 11.3. The molecule has 1 aliphatic heterocycles. The summed E-state index contributed by atoms with van der Waals surface area (Å²) in [7, 11) is 0. The first-order valence-electron chi connectivity index (χ1n) is 6.75. The van der Waals surface area contributed by atoms with Gasteiger partial charge < -0.3 is 19.2 Å². The Labute approximate surface area is 109 Å². The smallest absolute Gasteiger partial charge is 0.120 e. The van der Waals surface area contributed by atoms with Gasteiger partial charge in [0.05, 0.1) is 25.4 Å². The molecule has 1 aliphatic rings. The van der Waals surface area contributed by atoms with Crippen molar-refractivity contribution in [3.63, 3.8) is 0 Å². The van der Waals surface area contributed by atoms with E-state index in [0.717, 1.165) is 37.7 Å². The molecule has 1 fully saturated rings. The molecule has 2 atom stereocenters. The summed E-state index contributed by atoms with van der Waals surface area (Å²) in [6.45, 7) is 7.20. The summed E-state index contributed by atoms with van der Waals surface area (Å²) in [5, 5.41) is 3.38. The van der Waals surface area contributed by atoms with Gasteiger partial charge >= 0.3 is 0 Å². The average Bonchev–Trinajstić information content (AvgIpc) is 2.99. The Morgan fingerprint density at radius 2 is 2.39 bits per heavy atom. The van der Waals surface area contributed by atoms with Crippen LogP contribution in [0.2, 0.25) is 0 Å². The number of ether oxygens (including phenoxy) is 2. The first kappa shape index (κ1) is 13.6. The van der Waals surface area contributed by atoms with Crippen LogP contribution in [-0.2, 0) is 9.47 Å². The molecule has 0 unspecified atom stereocenters. The van der Waals surface area contributed by atoms with E-state index in [9.17, 15) is 0 Å². The second-order valence-electron chi connectivity index (χ2n) is 4.83. The van der Waals surface area contributed by atoms with Crippen LogP contribution in [0, 0.1) is 6.92 Å². The lowest BCUT2D eigenvalue weighted by Crippen LogP contribution is -2.24. The van der Waals surface area contributed by atoms with Gasteiger partial charge in [-0.2, -0.15) is 0 Å². The number of hydrogen-bond acceptors (Lipinski definition) is 4. The van der Waals surface area contributed by atoms with Gasteiger partial charge in [-0.05, 0) is 38.8 Å². The average molecular weight is 253 g/mol. The Hall–Kier alpha value is -0.840. The molecule has 102 valence electrons. The number of aryl methyl sites for hydroxylation is 1. The van der Waals surface area contributed by atoms with Crippen LogP contribution < -0.4 is 5.32 Å². The van der Waals surface area contributed by atoms with E-state index in [1.54, 1.807) is 0 Å². The van der Waals surface area contributed by atoms with E-state index >= 15 is 0 Å². The van der Waals surface area contributed by atoms with Crippen molar-refractivity contribution in [2.75, 3.05) is 26.4 Å². The minimum atomic E-state index is 0.227. The van der Waals surface area contributed by atoms with Gasteiger partial charge in [-0.25, -0.2) is 0 Å². The lowest BCUT2D eigenvalue weighted by atomic mass is 10.2. The maximum atomic E-state index is 5.59. The Kier molecular flexibility index (Phi) is 5.23. The van der Waals surface area contributed by atoms with Gasteiger partial charge in [0.25, 0.3) is 0 Å². The summed E-state index contributed by atoms with van der Waals surface area (Å²) in [5.41, 5.74) is 0. The zero-order chi connectivity index (χ0) is 12.8. The molecule has 1 aromatic heterocycles. The minimum absolute atomic E-state index is 0.227. The predicted molar refractivity (Wildman–Crippen MR) is 69.7 cm³/mol. The normalized spacial score (nSPS) is 21.3. The number of rotatable bonds is 7. The van der Waals surface area contributed by atoms with Crippen molar-refractivity contribution in [1.29, 1.82) is 0 Å². The third-order valence-electron chi connectivity index (χ3n) is 3.21. The van der Waals surface area contributed by atoms with Gasteiger partial charge in [-0.15, -0.1) is 0 Å².